The molecule has 0 atom stereocenters. The molecule has 3 rings (SSSR count). The Hall–Kier alpha value is -4.06. The molecule has 146 valence electrons. The SMILES string of the molecule is N#CC(=Cc1cn(CC(=O)O)c2ccccc12)C(=O)Nc1c(F)cc(F)cc1F. The topological polar surface area (TPSA) is 95.1 Å². The number of hydrogen-bond donors (Lipinski definition) is 2. The van der Waals surface area contributed by atoms with Gasteiger partial charge >= 0.3 is 5.97 Å². The number of halogens is 3. The van der Waals surface area contributed by atoms with E-state index >= 15 is 0 Å². The van der Waals surface area contributed by atoms with Gasteiger partial charge in [-0.1, -0.05) is 18.2 Å². The second-order valence-corrected chi connectivity index (χ2v) is 5.99. The predicted molar refractivity (Wildman–Crippen MR) is 98.1 cm³/mol. The predicted octanol–water partition coefficient (Wildman–Crippen LogP) is 3.69. The summed E-state index contributed by atoms with van der Waals surface area (Å²) in [7, 11) is 0. The Morgan fingerprint density at radius 2 is 1.83 bits per heavy atom. The highest BCUT2D eigenvalue weighted by Crippen LogP contribution is 2.25. The van der Waals surface area contributed by atoms with Crippen molar-refractivity contribution in [2.45, 2.75) is 6.54 Å². The van der Waals surface area contributed by atoms with Crippen molar-refractivity contribution in [2.24, 2.45) is 0 Å². The van der Waals surface area contributed by atoms with E-state index in [1.54, 1.807) is 30.3 Å². The van der Waals surface area contributed by atoms with E-state index in [-0.39, 0.29) is 6.54 Å². The molecule has 0 aliphatic carbocycles. The van der Waals surface area contributed by atoms with E-state index in [9.17, 15) is 28.0 Å². The van der Waals surface area contributed by atoms with Gasteiger partial charge in [0.15, 0.2) is 11.6 Å². The molecule has 2 aromatic carbocycles. The van der Waals surface area contributed by atoms with Gasteiger partial charge in [0, 0.05) is 34.8 Å². The Kier molecular flexibility index (Phi) is 5.36. The van der Waals surface area contributed by atoms with Crippen molar-refractivity contribution in [2.75, 3.05) is 5.32 Å². The first kappa shape index (κ1) is 19.7. The van der Waals surface area contributed by atoms with Gasteiger partial charge < -0.3 is 15.0 Å². The maximum Gasteiger partial charge on any atom is 0.323 e. The third-order valence-electron chi connectivity index (χ3n) is 4.04. The summed E-state index contributed by atoms with van der Waals surface area (Å²) >= 11 is 0. The van der Waals surface area contributed by atoms with Crippen LogP contribution in [0.2, 0.25) is 0 Å². The van der Waals surface area contributed by atoms with Gasteiger partial charge in [-0.05, 0) is 12.1 Å². The van der Waals surface area contributed by atoms with E-state index in [0.29, 0.717) is 28.6 Å². The molecule has 9 heteroatoms. The quantitative estimate of drug-likeness (QED) is 0.505. The molecule has 2 N–H and O–H groups in total. The first-order chi connectivity index (χ1) is 13.8. The van der Waals surface area contributed by atoms with Crippen LogP contribution in [0.5, 0.6) is 0 Å². The lowest BCUT2D eigenvalue weighted by molar-refractivity contribution is -0.137. The number of para-hydroxylation sites is 1. The van der Waals surface area contributed by atoms with E-state index in [1.165, 1.54) is 16.8 Å². The zero-order valence-corrected chi connectivity index (χ0v) is 14.6. The monoisotopic (exact) mass is 399 g/mol. The van der Waals surface area contributed by atoms with Crippen molar-refractivity contribution in [1.82, 2.24) is 4.57 Å². The second kappa shape index (κ2) is 7.90. The van der Waals surface area contributed by atoms with Gasteiger partial charge in [-0.2, -0.15) is 5.26 Å². The second-order valence-electron chi connectivity index (χ2n) is 5.99. The fourth-order valence-electron chi connectivity index (χ4n) is 2.81. The molecule has 6 nitrogen and oxygen atoms in total. The van der Waals surface area contributed by atoms with E-state index < -0.39 is 40.6 Å². The average Bonchev–Trinajstić information content (AvgIpc) is 2.99. The first-order valence-electron chi connectivity index (χ1n) is 8.17. The summed E-state index contributed by atoms with van der Waals surface area (Å²) in [4.78, 5) is 23.4. The summed E-state index contributed by atoms with van der Waals surface area (Å²) in [6, 6.07) is 9.17. The number of carboxylic acid groups (broad SMARTS) is 1. The molecule has 1 heterocycles. The molecule has 29 heavy (non-hydrogen) atoms. The summed E-state index contributed by atoms with van der Waals surface area (Å²) in [5.74, 6) is -5.99. The van der Waals surface area contributed by atoms with Crippen molar-refractivity contribution in [1.29, 1.82) is 5.26 Å². The average molecular weight is 399 g/mol. The van der Waals surface area contributed by atoms with Crippen LogP contribution in [0.25, 0.3) is 17.0 Å². The van der Waals surface area contributed by atoms with Crippen molar-refractivity contribution >= 4 is 34.5 Å². The molecular weight excluding hydrogens is 387 g/mol. The standard InChI is InChI=1S/C20H12F3N3O3/c21-13-6-15(22)19(16(23)7-13)25-20(29)11(8-24)5-12-9-26(10-18(27)28)17-4-2-1-3-14(12)17/h1-7,9H,10H2,(H,25,29)(H,27,28). The number of aromatic nitrogens is 1. The van der Waals surface area contributed by atoms with Gasteiger partial charge in [-0.25, -0.2) is 13.2 Å². The highest BCUT2D eigenvalue weighted by Gasteiger charge is 2.18. The van der Waals surface area contributed by atoms with E-state index in [1.807, 2.05) is 5.32 Å². The molecular formula is C20H12F3N3O3. The van der Waals surface area contributed by atoms with Crippen LogP contribution in [-0.4, -0.2) is 21.6 Å². The number of carboxylic acids is 1. The largest absolute Gasteiger partial charge is 0.480 e. The minimum absolute atomic E-state index is 0.339. The lowest BCUT2D eigenvalue weighted by atomic mass is 10.1. The number of fused-ring (bicyclic) bond motifs is 1. The number of hydrogen-bond acceptors (Lipinski definition) is 3. The zero-order valence-electron chi connectivity index (χ0n) is 14.6. The number of benzene rings is 2. The lowest BCUT2D eigenvalue weighted by Crippen LogP contribution is -2.16. The van der Waals surface area contributed by atoms with Crippen molar-refractivity contribution in [3.8, 4) is 6.07 Å². The maximum absolute atomic E-state index is 13.7. The van der Waals surface area contributed by atoms with Crippen molar-refractivity contribution in [3.05, 3.63) is 71.2 Å². The Morgan fingerprint density at radius 3 is 2.45 bits per heavy atom. The normalized spacial score (nSPS) is 11.3. The highest BCUT2D eigenvalue weighted by molar-refractivity contribution is 6.11. The van der Waals surface area contributed by atoms with E-state index in [0.717, 1.165) is 0 Å². The third-order valence-corrected chi connectivity index (χ3v) is 4.04. The molecule has 1 aromatic heterocycles. The molecule has 0 bridgehead atoms. The number of anilines is 1. The summed E-state index contributed by atoms with van der Waals surface area (Å²) in [6.45, 7) is -0.339. The Balaban J connectivity index is 2.00. The van der Waals surface area contributed by atoms with Gasteiger partial charge in [0.25, 0.3) is 5.91 Å². The number of aliphatic carboxylic acids is 1. The molecule has 0 saturated carbocycles. The van der Waals surface area contributed by atoms with Crippen LogP contribution < -0.4 is 5.32 Å². The molecule has 0 aliphatic heterocycles. The fourth-order valence-corrected chi connectivity index (χ4v) is 2.81. The molecule has 0 radical (unpaired) electrons. The van der Waals surface area contributed by atoms with E-state index in [4.69, 9.17) is 5.11 Å². The number of carbonyl (C=O) groups excluding carboxylic acids is 1. The van der Waals surface area contributed by atoms with Gasteiger partial charge in [-0.15, -0.1) is 0 Å². The summed E-state index contributed by atoms with van der Waals surface area (Å²) in [5, 5.41) is 20.8. The smallest absolute Gasteiger partial charge is 0.323 e. The van der Waals surface area contributed by atoms with Gasteiger partial charge in [-0.3, -0.25) is 9.59 Å². The number of nitriles is 1. The van der Waals surface area contributed by atoms with Crippen molar-refractivity contribution in [3.63, 3.8) is 0 Å². The summed E-state index contributed by atoms with van der Waals surface area (Å²) in [6.07, 6.45) is 2.62. The van der Waals surface area contributed by atoms with Crippen molar-refractivity contribution < 1.29 is 27.9 Å². The minimum Gasteiger partial charge on any atom is -0.480 e. The molecule has 0 spiro atoms. The van der Waals surface area contributed by atoms with Crippen LogP contribution >= 0.6 is 0 Å². The summed E-state index contributed by atoms with van der Waals surface area (Å²) < 4.78 is 41.9. The Morgan fingerprint density at radius 1 is 1.17 bits per heavy atom. The molecule has 0 aliphatic rings. The molecule has 0 fully saturated rings. The Labute approximate surface area is 162 Å². The number of nitrogens with one attached hydrogen (secondary N) is 1. The summed E-state index contributed by atoms with van der Waals surface area (Å²) in [5.41, 5.74) is -0.430. The van der Waals surface area contributed by atoms with Gasteiger partial charge in [0.2, 0.25) is 0 Å². The van der Waals surface area contributed by atoms with Crippen LogP contribution in [0.1, 0.15) is 5.56 Å². The highest BCUT2D eigenvalue weighted by atomic mass is 19.1. The molecule has 0 saturated heterocycles. The molecule has 1 amide bonds. The van der Waals surface area contributed by atoms with Crippen LogP contribution in [0.15, 0.2) is 48.2 Å². The lowest BCUT2D eigenvalue weighted by Gasteiger charge is -2.07. The van der Waals surface area contributed by atoms with Gasteiger partial charge in [0.05, 0.1) is 0 Å². The number of nitrogens with zero attached hydrogens (tertiary/aromatic N) is 2. The van der Waals surface area contributed by atoms with Crippen LogP contribution in [0.4, 0.5) is 18.9 Å². The van der Waals surface area contributed by atoms with Crippen LogP contribution in [-0.2, 0) is 16.1 Å². The number of amides is 1. The van der Waals surface area contributed by atoms with Crippen LogP contribution in [0, 0.1) is 28.8 Å². The minimum atomic E-state index is -1.33. The number of carbonyl (C=O) groups is 2. The van der Waals surface area contributed by atoms with Crippen LogP contribution in [0.3, 0.4) is 0 Å². The third kappa shape index (κ3) is 4.11. The molecule has 0 unspecified atom stereocenters. The van der Waals surface area contributed by atoms with Gasteiger partial charge in [0.1, 0.15) is 29.7 Å². The molecule has 3 aromatic rings. The Bertz CT molecular complexity index is 1190. The zero-order chi connectivity index (χ0) is 21.1. The maximum atomic E-state index is 13.7. The fraction of sp³-hybridized carbons (Fsp3) is 0.0500. The number of rotatable bonds is 5. The first-order valence-corrected chi connectivity index (χ1v) is 8.17. The van der Waals surface area contributed by atoms with E-state index in [2.05, 4.69) is 0 Å².